The fourth-order valence-corrected chi connectivity index (χ4v) is 4.28. The highest BCUT2D eigenvalue weighted by molar-refractivity contribution is 7.92. The number of sulfone groups is 1. The zero-order valence-corrected chi connectivity index (χ0v) is 12.3. The lowest BCUT2D eigenvalue weighted by molar-refractivity contribution is -0.121. The summed E-state index contributed by atoms with van der Waals surface area (Å²) in [4.78, 5) is 12.2. The van der Waals surface area contributed by atoms with Crippen LogP contribution in [0.4, 0.5) is 5.69 Å². The molecular formula is C14H20N2O3S. The van der Waals surface area contributed by atoms with E-state index in [1.165, 1.54) is 0 Å². The van der Waals surface area contributed by atoms with Gasteiger partial charge in [0.1, 0.15) is 5.25 Å². The number of anilines is 1. The maximum absolute atomic E-state index is 12.2. The molecule has 110 valence electrons. The number of amides is 1. The van der Waals surface area contributed by atoms with Crippen molar-refractivity contribution < 1.29 is 13.2 Å². The van der Waals surface area contributed by atoms with Crippen molar-refractivity contribution in [2.45, 2.75) is 37.5 Å². The molecule has 1 aliphatic rings. The van der Waals surface area contributed by atoms with Crippen molar-refractivity contribution in [1.29, 1.82) is 0 Å². The molecule has 1 heterocycles. The Labute approximate surface area is 119 Å². The van der Waals surface area contributed by atoms with Crippen LogP contribution in [0.1, 0.15) is 37.8 Å². The third kappa shape index (κ3) is 3.30. The first-order chi connectivity index (χ1) is 9.40. The van der Waals surface area contributed by atoms with Crippen LogP contribution in [-0.4, -0.2) is 25.3 Å². The van der Waals surface area contributed by atoms with Crippen molar-refractivity contribution in [2.75, 3.05) is 11.5 Å². The molecule has 0 saturated carbocycles. The van der Waals surface area contributed by atoms with Gasteiger partial charge in [-0.1, -0.05) is 18.6 Å². The average molecular weight is 296 g/mol. The summed E-state index contributed by atoms with van der Waals surface area (Å²) < 4.78 is 23.8. The number of hydrogen-bond donors (Lipinski definition) is 2. The molecule has 0 spiro atoms. The van der Waals surface area contributed by atoms with Crippen LogP contribution in [-0.2, 0) is 14.6 Å². The van der Waals surface area contributed by atoms with Crippen LogP contribution in [0.2, 0.25) is 0 Å². The maximum Gasteiger partial charge on any atom is 0.238 e. The number of hydrogen-bond acceptors (Lipinski definition) is 4. The summed E-state index contributed by atoms with van der Waals surface area (Å²) in [7, 11) is -3.30. The molecule has 0 aliphatic carbocycles. The number of carbonyl (C=O) groups is 1. The van der Waals surface area contributed by atoms with Gasteiger partial charge >= 0.3 is 0 Å². The van der Waals surface area contributed by atoms with Gasteiger partial charge in [0.05, 0.1) is 11.8 Å². The number of carbonyl (C=O) groups excluding carboxylic acids is 1. The Morgan fingerprint density at radius 1 is 1.40 bits per heavy atom. The van der Waals surface area contributed by atoms with Gasteiger partial charge < -0.3 is 11.1 Å². The minimum Gasteiger partial charge on any atom is -0.399 e. The highest BCUT2D eigenvalue weighted by Gasteiger charge is 2.35. The van der Waals surface area contributed by atoms with E-state index in [4.69, 9.17) is 5.73 Å². The Morgan fingerprint density at radius 3 is 2.80 bits per heavy atom. The van der Waals surface area contributed by atoms with Crippen LogP contribution >= 0.6 is 0 Å². The van der Waals surface area contributed by atoms with Gasteiger partial charge in [-0.3, -0.25) is 4.79 Å². The van der Waals surface area contributed by atoms with E-state index in [0.717, 1.165) is 12.0 Å². The lowest BCUT2D eigenvalue weighted by atomic mass is 10.1. The zero-order chi connectivity index (χ0) is 14.8. The normalized spacial score (nSPS) is 22.9. The van der Waals surface area contributed by atoms with E-state index in [1.807, 2.05) is 19.1 Å². The minimum absolute atomic E-state index is 0.109. The molecule has 0 bridgehead atoms. The first kappa shape index (κ1) is 14.8. The number of nitrogens with one attached hydrogen (secondary N) is 1. The summed E-state index contributed by atoms with van der Waals surface area (Å²) in [6, 6.07) is 6.95. The van der Waals surface area contributed by atoms with Gasteiger partial charge in [-0.15, -0.1) is 0 Å². The fourth-order valence-electron chi connectivity index (χ4n) is 2.47. The second-order valence-electron chi connectivity index (χ2n) is 5.25. The van der Waals surface area contributed by atoms with E-state index in [2.05, 4.69) is 5.32 Å². The summed E-state index contributed by atoms with van der Waals surface area (Å²) >= 11 is 0. The molecule has 20 heavy (non-hydrogen) atoms. The van der Waals surface area contributed by atoms with Gasteiger partial charge in [0, 0.05) is 5.69 Å². The maximum atomic E-state index is 12.2. The molecule has 6 heteroatoms. The molecule has 2 rings (SSSR count). The van der Waals surface area contributed by atoms with Crippen LogP contribution in [0.5, 0.6) is 0 Å². The van der Waals surface area contributed by atoms with Crippen molar-refractivity contribution >= 4 is 21.4 Å². The Morgan fingerprint density at radius 2 is 2.15 bits per heavy atom. The van der Waals surface area contributed by atoms with Gasteiger partial charge in [0.15, 0.2) is 9.84 Å². The van der Waals surface area contributed by atoms with Crippen LogP contribution in [0.15, 0.2) is 24.3 Å². The van der Waals surface area contributed by atoms with Crippen molar-refractivity contribution in [3.05, 3.63) is 29.8 Å². The molecule has 2 unspecified atom stereocenters. The highest BCUT2D eigenvalue weighted by Crippen LogP contribution is 2.21. The molecule has 1 aliphatic heterocycles. The van der Waals surface area contributed by atoms with E-state index >= 15 is 0 Å². The molecule has 5 nitrogen and oxygen atoms in total. The van der Waals surface area contributed by atoms with Gasteiger partial charge in [0.2, 0.25) is 5.91 Å². The number of benzene rings is 1. The Bertz CT molecular complexity index is 598. The number of nitrogens with two attached hydrogens (primary N) is 1. The number of rotatable bonds is 3. The largest absolute Gasteiger partial charge is 0.399 e. The predicted molar refractivity (Wildman–Crippen MR) is 78.8 cm³/mol. The average Bonchev–Trinajstić information content (AvgIpc) is 2.37. The quantitative estimate of drug-likeness (QED) is 0.825. The van der Waals surface area contributed by atoms with Crippen LogP contribution in [0, 0.1) is 0 Å². The molecule has 0 aromatic heterocycles. The van der Waals surface area contributed by atoms with Gasteiger partial charge in [-0.2, -0.15) is 0 Å². The van der Waals surface area contributed by atoms with Gasteiger partial charge in [-0.05, 0) is 37.5 Å². The zero-order valence-electron chi connectivity index (χ0n) is 11.5. The molecule has 1 aromatic rings. The van der Waals surface area contributed by atoms with Crippen molar-refractivity contribution in [3.63, 3.8) is 0 Å². The predicted octanol–water partition coefficient (Wildman–Crippen LogP) is 1.41. The fraction of sp³-hybridized carbons (Fsp3) is 0.500. The van der Waals surface area contributed by atoms with Crippen LogP contribution in [0.3, 0.4) is 0 Å². The third-order valence-corrected chi connectivity index (χ3v) is 5.82. The Hall–Kier alpha value is -1.56. The third-order valence-electron chi connectivity index (χ3n) is 3.64. The Kier molecular flexibility index (Phi) is 4.32. The summed E-state index contributed by atoms with van der Waals surface area (Å²) in [5, 5.41) is 1.87. The van der Waals surface area contributed by atoms with Crippen molar-refractivity contribution in [2.24, 2.45) is 0 Å². The lowest BCUT2D eigenvalue weighted by Crippen LogP contribution is -2.43. The standard InChI is InChI=1S/C14H20N2O3S/c1-10(11-5-4-6-12(15)9-11)16-14(17)13-7-2-3-8-20(13,18)19/h4-6,9-10,13H,2-3,7-8,15H2,1H3,(H,16,17). The minimum atomic E-state index is -3.30. The molecule has 1 fully saturated rings. The van der Waals surface area contributed by atoms with Gasteiger partial charge in [0.25, 0.3) is 0 Å². The topological polar surface area (TPSA) is 89.3 Å². The van der Waals surface area contributed by atoms with Gasteiger partial charge in [-0.25, -0.2) is 8.42 Å². The second kappa shape index (κ2) is 5.83. The molecule has 3 N–H and O–H groups in total. The lowest BCUT2D eigenvalue weighted by Gasteiger charge is -2.23. The molecule has 1 amide bonds. The molecular weight excluding hydrogens is 276 g/mol. The SMILES string of the molecule is CC(NC(=O)C1CCCCS1(=O)=O)c1cccc(N)c1. The van der Waals surface area contributed by atoms with Crippen molar-refractivity contribution in [3.8, 4) is 0 Å². The first-order valence-corrected chi connectivity index (χ1v) is 8.49. The summed E-state index contributed by atoms with van der Waals surface area (Å²) in [6.07, 6.45) is 1.85. The second-order valence-corrected chi connectivity index (χ2v) is 7.55. The molecule has 0 radical (unpaired) electrons. The van der Waals surface area contributed by atoms with Crippen LogP contribution < -0.4 is 11.1 Å². The van der Waals surface area contributed by atoms with E-state index in [0.29, 0.717) is 18.5 Å². The number of nitrogen functional groups attached to an aromatic ring is 1. The first-order valence-electron chi connectivity index (χ1n) is 6.77. The van der Waals surface area contributed by atoms with Crippen molar-refractivity contribution in [1.82, 2.24) is 5.32 Å². The molecule has 1 aromatic carbocycles. The van der Waals surface area contributed by atoms with E-state index in [-0.39, 0.29) is 11.8 Å². The van der Waals surface area contributed by atoms with E-state index in [9.17, 15) is 13.2 Å². The summed E-state index contributed by atoms with van der Waals surface area (Å²) in [6.45, 7) is 1.82. The van der Waals surface area contributed by atoms with E-state index in [1.54, 1.807) is 12.1 Å². The molecule has 2 atom stereocenters. The molecule has 1 saturated heterocycles. The summed E-state index contributed by atoms with van der Waals surface area (Å²) in [5.41, 5.74) is 7.19. The monoisotopic (exact) mass is 296 g/mol. The van der Waals surface area contributed by atoms with Crippen LogP contribution in [0.25, 0.3) is 0 Å². The summed E-state index contributed by atoms with van der Waals surface area (Å²) in [5.74, 6) is -0.294. The highest BCUT2D eigenvalue weighted by atomic mass is 32.2. The van der Waals surface area contributed by atoms with E-state index < -0.39 is 21.0 Å². The smallest absolute Gasteiger partial charge is 0.238 e. The Balaban J connectivity index is 2.07.